The van der Waals surface area contributed by atoms with Gasteiger partial charge in [-0.2, -0.15) is 23.4 Å². The molecular formula is C36H32ClF3N4O6. The number of carbonyl (C=O) groups is 4. The van der Waals surface area contributed by atoms with Gasteiger partial charge in [-0.1, -0.05) is 55.8 Å². The first kappa shape index (κ1) is 38.6. The van der Waals surface area contributed by atoms with Gasteiger partial charge >= 0.3 is 18.1 Å². The number of esters is 1. The van der Waals surface area contributed by atoms with E-state index in [1.165, 1.54) is 43.3 Å². The van der Waals surface area contributed by atoms with E-state index in [2.05, 4.69) is 39.6 Å². The molecule has 0 fully saturated rings. The lowest BCUT2D eigenvalue weighted by Crippen LogP contribution is -2.19. The van der Waals surface area contributed by atoms with Crippen molar-refractivity contribution < 1.29 is 42.2 Å². The number of nitrogens with zero attached hydrogens (tertiary/aromatic N) is 2. The van der Waals surface area contributed by atoms with E-state index in [9.17, 15) is 32.3 Å². The molecule has 0 heterocycles. The molecule has 0 radical (unpaired) electrons. The number of nitrogens with one attached hydrogen (secondary N) is 2. The topological polar surface area (TPSA) is 147 Å². The predicted octanol–water partition coefficient (Wildman–Crippen LogP) is 7.49. The number of amides is 2. The number of alkyl halides is 3. The van der Waals surface area contributed by atoms with E-state index in [0.29, 0.717) is 34.2 Å². The Morgan fingerprint density at radius 2 is 1.34 bits per heavy atom. The quantitative estimate of drug-likeness (QED) is 0.0933. The van der Waals surface area contributed by atoms with Crippen LogP contribution in [0.5, 0.6) is 0 Å². The summed E-state index contributed by atoms with van der Waals surface area (Å²) in [6, 6.07) is 21.0. The van der Waals surface area contributed by atoms with Crippen molar-refractivity contribution in [2.45, 2.75) is 32.9 Å². The minimum Gasteiger partial charge on any atom is -0.478 e. The molecule has 10 nitrogen and oxygen atoms in total. The van der Waals surface area contributed by atoms with E-state index in [1.807, 2.05) is 12.1 Å². The van der Waals surface area contributed by atoms with Crippen LogP contribution in [0.4, 0.5) is 13.2 Å². The Bertz CT molecular complexity index is 1910. The third-order valence-electron chi connectivity index (χ3n) is 6.95. The van der Waals surface area contributed by atoms with E-state index >= 15 is 0 Å². The van der Waals surface area contributed by atoms with Crippen LogP contribution < -0.4 is 10.9 Å². The zero-order valence-electron chi connectivity index (χ0n) is 27.2. The Kier molecular flexibility index (Phi) is 13.6. The number of benzene rings is 4. The minimum atomic E-state index is -4.60. The van der Waals surface area contributed by atoms with Crippen molar-refractivity contribution in [1.82, 2.24) is 10.9 Å². The number of rotatable bonds is 9. The van der Waals surface area contributed by atoms with Gasteiger partial charge in [-0.3, -0.25) is 9.59 Å². The number of carboxylic acids is 1. The fourth-order valence-corrected chi connectivity index (χ4v) is 4.38. The molecule has 0 saturated carbocycles. The van der Waals surface area contributed by atoms with Crippen LogP contribution >= 0.6 is 11.6 Å². The molecule has 4 rings (SSSR count). The van der Waals surface area contributed by atoms with Crippen LogP contribution in [0.15, 0.2) is 95.1 Å². The Hall–Kier alpha value is -5.82. The molecule has 50 heavy (non-hydrogen) atoms. The molecule has 0 aromatic heterocycles. The molecule has 0 aliphatic carbocycles. The van der Waals surface area contributed by atoms with Crippen molar-refractivity contribution in [3.8, 4) is 0 Å². The first-order valence-corrected chi connectivity index (χ1v) is 15.1. The Morgan fingerprint density at radius 3 is 1.88 bits per heavy atom. The summed E-state index contributed by atoms with van der Waals surface area (Å²) in [5.41, 5.74) is 7.28. The lowest BCUT2D eigenvalue weighted by atomic mass is 10.0. The summed E-state index contributed by atoms with van der Waals surface area (Å²) in [6.07, 6.45) is -1.86. The molecule has 0 spiro atoms. The number of carbonyl (C=O) groups excluding carboxylic acids is 3. The van der Waals surface area contributed by atoms with Crippen LogP contribution in [0.3, 0.4) is 0 Å². The molecule has 4 aromatic rings. The number of methoxy groups -OCH3 is 1. The van der Waals surface area contributed by atoms with Gasteiger partial charge in [-0.05, 0) is 89.7 Å². The molecule has 14 heteroatoms. The predicted molar refractivity (Wildman–Crippen MR) is 183 cm³/mol. The SMILES string of the molecule is COC(=O)c1ccc(C=NNC(=O)c2ccc(C(C)C)cc2)cc1.Cc1cc(C=NNC(=O)c2cc(C(F)(F)F)ccc2Cl)ccc1C(=O)O. The molecular weight excluding hydrogens is 677 g/mol. The molecule has 3 N–H and O–H groups in total. The fourth-order valence-electron chi connectivity index (χ4n) is 4.18. The molecule has 0 atom stereocenters. The van der Waals surface area contributed by atoms with Crippen LogP contribution in [0.25, 0.3) is 0 Å². The summed E-state index contributed by atoms with van der Waals surface area (Å²) in [5, 5.41) is 16.4. The van der Waals surface area contributed by atoms with E-state index in [4.69, 9.17) is 16.7 Å². The van der Waals surface area contributed by atoms with E-state index < -0.39 is 29.6 Å². The van der Waals surface area contributed by atoms with Gasteiger partial charge in [0.15, 0.2) is 0 Å². The standard InChI is InChI=1S/C19H20N2O3.C17H12ClF3N2O3/c1-13(2)15-8-10-16(11-9-15)18(22)21-20-12-14-4-6-17(7-5-14)19(23)24-3;1-9-6-10(2-4-12(9)16(25)26)8-22-23-15(24)13-7-11(17(19,20)21)3-5-14(13)18/h4-13H,1-3H3,(H,21,22);2-8H,1H3,(H,23,24)(H,25,26). The Labute approximate surface area is 290 Å². The molecule has 0 unspecified atom stereocenters. The molecule has 0 aliphatic rings. The lowest BCUT2D eigenvalue weighted by molar-refractivity contribution is -0.137. The number of ether oxygens (including phenoxy) is 1. The monoisotopic (exact) mass is 708 g/mol. The second-order valence-electron chi connectivity index (χ2n) is 10.9. The van der Waals surface area contributed by atoms with Gasteiger partial charge in [0.2, 0.25) is 0 Å². The molecule has 4 aromatic carbocycles. The number of aryl methyl sites for hydroxylation is 1. The van der Waals surface area contributed by atoms with Crippen LogP contribution in [0.2, 0.25) is 5.02 Å². The molecule has 2 amide bonds. The summed E-state index contributed by atoms with van der Waals surface area (Å²) in [6.45, 7) is 5.80. The van der Waals surface area contributed by atoms with Crippen molar-refractivity contribution in [2.24, 2.45) is 10.2 Å². The van der Waals surface area contributed by atoms with Crippen LogP contribution in [0, 0.1) is 6.92 Å². The van der Waals surface area contributed by atoms with Crippen molar-refractivity contribution in [1.29, 1.82) is 0 Å². The van der Waals surface area contributed by atoms with Crippen molar-refractivity contribution in [3.05, 3.63) is 140 Å². The smallest absolute Gasteiger partial charge is 0.416 e. The van der Waals surface area contributed by atoms with Gasteiger partial charge in [-0.15, -0.1) is 0 Å². The lowest BCUT2D eigenvalue weighted by Gasteiger charge is -2.09. The van der Waals surface area contributed by atoms with Gasteiger partial charge in [0, 0.05) is 5.56 Å². The number of aromatic carboxylic acids is 1. The number of hydrogen-bond donors (Lipinski definition) is 3. The summed E-state index contributed by atoms with van der Waals surface area (Å²) < 4.78 is 42.8. The zero-order chi connectivity index (χ0) is 37.0. The zero-order valence-corrected chi connectivity index (χ0v) is 28.0. The van der Waals surface area contributed by atoms with E-state index in [1.54, 1.807) is 43.3 Å². The Morgan fingerprint density at radius 1 is 0.780 bits per heavy atom. The number of halogens is 4. The highest BCUT2D eigenvalue weighted by Crippen LogP contribution is 2.31. The third-order valence-corrected chi connectivity index (χ3v) is 7.28. The van der Waals surface area contributed by atoms with Gasteiger partial charge in [0.25, 0.3) is 11.8 Å². The summed E-state index contributed by atoms with van der Waals surface area (Å²) in [7, 11) is 1.33. The number of carboxylic acid groups (broad SMARTS) is 1. The van der Waals surface area contributed by atoms with Gasteiger partial charge in [0.1, 0.15) is 0 Å². The normalized spacial score (nSPS) is 11.2. The molecule has 260 valence electrons. The largest absolute Gasteiger partial charge is 0.478 e. The van der Waals surface area contributed by atoms with Gasteiger partial charge < -0.3 is 9.84 Å². The highest BCUT2D eigenvalue weighted by molar-refractivity contribution is 6.33. The first-order chi connectivity index (χ1) is 23.6. The molecule has 0 saturated heterocycles. The summed E-state index contributed by atoms with van der Waals surface area (Å²) in [4.78, 5) is 46.3. The van der Waals surface area contributed by atoms with Gasteiger partial charge in [-0.25, -0.2) is 20.4 Å². The first-order valence-electron chi connectivity index (χ1n) is 14.8. The third kappa shape index (κ3) is 11.1. The van der Waals surface area contributed by atoms with Crippen LogP contribution in [-0.2, 0) is 10.9 Å². The highest BCUT2D eigenvalue weighted by atomic mass is 35.5. The van der Waals surface area contributed by atoms with Gasteiger partial charge in [0.05, 0.1) is 46.8 Å². The second kappa shape index (κ2) is 17.5. The molecule has 0 bridgehead atoms. The summed E-state index contributed by atoms with van der Waals surface area (Å²) >= 11 is 5.77. The maximum absolute atomic E-state index is 12.7. The number of hydrazone groups is 2. The van der Waals surface area contributed by atoms with Crippen molar-refractivity contribution >= 4 is 47.8 Å². The van der Waals surface area contributed by atoms with Crippen LogP contribution in [-0.4, -0.2) is 48.4 Å². The fraction of sp³-hybridized carbons (Fsp3) is 0.167. The van der Waals surface area contributed by atoms with Crippen molar-refractivity contribution in [2.75, 3.05) is 7.11 Å². The maximum Gasteiger partial charge on any atom is 0.416 e. The Balaban J connectivity index is 0.000000271. The van der Waals surface area contributed by atoms with Crippen LogP contribution in [0.1, 0.15) is 89.0 Å². The summed E-state index contributed by atoms with van der Waals surface area (Å²) in [5.74, 6) is -2.22. The van der Waals surface area contributed by atoms with E-state index in [-0.39, 0.29) is 22.1 Å². The second-order valence-corrected chi connectivity index (χ2v) is 11.3. The average molecular weight is 709 g/mol. The average Bonchev–Trinajstić information content (AvgIpc) is 3.08. The minimum absolute atomic E-state index is 0.127. The number of hydrogen-bond acceptors (Lipinski definition) is 7. The molecule has 0 aliphatic heterocycles. The van der Waals surface area contributed by atoms with E-state index in [0.717, 1.165) is 17.7 Å². The maximum atomic E-state index is 12.7. The van der Waals surface area contributed by atoms with Crippen molar-refractivity contribution in [3.63, 3.8) is 0 Å². The highest BCUT2D eigenvalue weighted by Gasteiger charge is 2.31.